The Morgan fingerprint density at radius 2 is 2.00 bits per heavy atom. The Morgan fingerprint density at radius 1 is 1.18 bits per heavy atom. The predicted molar refractivity (Wildman–Crippen MR) is 68.9 cm³/mol. The van der Waals surface area contributed by atoms with Crippen LogP contribution in [0.5, 0.6) is 0 Å². The van der Waals surface area contributed by atoms with Gasteiger partial charge in [0, 0.05) is 37.6 Å². The van der Waals surface area contributed by atoms with Gasteiger partial charge in [-0.15, -0.1) is 0 Å². The molecule has 92 valence electrons. The van der Waals surface area contributed by atoms with E-state index in [1.807, 2.05) is 12.4 Å². The van der Waals surface area contributed by atoms with Crippen LogP contribution >= 0.6 is 0 Å². The minimum atomic E-state index is 0.750. The maximum Gasteiger partial charge on any atom is 0.0270 e. The zero-order valence-electron chi connectivity index (χ0n) is 10.3. The van der Waals surface area contributed by atoms with Gasteiger partial charge in [0.25, 0.3) is 0 Å². The molecular formula is C14H21N3. The van der Waals surface area contributed by atoms with Crippen molar-refractivity contribution in [1.29, 1.82) is 0 Å². The molecule has 0 aromatic carbocycles. The molecule has 1 saturated heterocycles. The summed E-state index contributed by atoms with van der Waals surface area (Å²) in [6.45, 7) is 3.68. The first-order valence-electron chi connectivity index (χ1n) is 6.77. The fourth-order valence-corrected chi connectivity index (χ4v) is 2.59. The summed E-state index contributed by atoms with van der Waals surface area (Å²) >= 11 is 0. The summed E-state index contributed by atoms with van der Waals surface area (Å²) in [4.78, 5) is 6.64. The fraction of sp³-hybridized carbons (Fsp3) is 0.643. The van der Waals surface area contributed by atoms with Crippen LogP contribution in [-0.2, 0) is 6.42 Å². The fourth-order valence-electron chi connectivity index (χ4n) is 2.59. The number of nitrogens with zero attached hydrogens (tertiary/aromatic N) is 2. The molecular weight excluding hydrogens is 210 g/mol. The van der Waals surface area contributed by atoms with E-state index in [1.165, 1.54) is 44.5 Å². The van der Waals surface area contributed by atoms with Crippen LogP contribution in [0, 0.1) is 0 Å². The Bertz CT molecular complexity index is 348. The molecule has 1 aromatic heterocycles. The molecule has 0 spiro atoms. The summed E-state index contributed by atoms with van der Waals surface area (Å²) in [6, 6.07) is 5.84. The number of likely N-dealkylation sites (tertiary alicyclic amines) is 1. The average Bonchev–Trinajstić information content (AvgIpc) is 3.06. The molecule has 1 aliphatic heterocycles. The van der Waals surface area contributed by atoms with Crippen molar-refractivity contribution in [2.45, 2.75) is 37.8 Å². The van der Waals surface area contributed by atoms with Crippen molar-refractivity contribution >= 4 is 0 Å². The number of hydrogen-bond acceptors (Lipinski definition) is 3. The third kappa shape index (κ3) is 3.27. The smallest absolute Gasteiger partial charge is 0.0270 e. The summed E-state index contributed by atoms with van der Waals surface area (Å²) in [6.07, 6.45) is 9.04. The maximum atomic E-state index is 4.05. The number of hydrogen-bond donors (Lipinski definition) is 1. The van der Waals surface area contributed by atoms with E-state index >= 15 is 0 Å². The largest absolute Gasteiger partial charge is 0.310 e. The molecule has 1 aliphatic carbocycles. The highest BCUT2D eigenvalue weighted by atomic mass is 15.2. The minimum absolute atomic E-state index is 0.750. The van der Waals surface area contributed by atoms with Crippen LogP contribution < -0.4 is 5.32 Å². The van der Waals surface area contributed by atoms with Crippen LogP contribution in [0.2, 0.25) is 0 Å². The van der Waals surface area contributed by atoms with Crippen molar-refractivity contribution in [2.24, 2.45) is 0 Å². The standard InChI is InChI=1S/C14H21N3/c1-2-13(1)16-14-6-10-17(11-14)9-5-12-3-7-15-8-4-12/h3-4,7-8,13-14,16H,1-2,5-6,9-11H2. The van der Waals surface area contributed by atoms with Gasteiger partial charge in [-0.1, -0.05) is 0 Å². The number of nitrogens with one attached hydrogen (secondary N) is 1. The van der Waals surface area contributed by atoms with Gasteiger partial charge in [0.2, 0.25) is 0 Å². The molecule has 3 heteroatoms. The van der Waals surface area contributed by atoms with E-state index in [-0.39, 0.29) is 0 Å². The van der Waals surface area contributed by atoms with Crippen molar-refractivity contribution in [3.63, 3.8) is 0 Å². The molecule has 1 atom stereocenters. The zero-order chi connectivity index (χ0) is 11.5. The van der Waals surface area contributed by atoms with E-state index in [0.29, 0.717) is 0 Å². The molecule has 2 aliphatic rings. The van der Waals surface area contributed by atoms with Gasteiger partial charge in [-0.05, 0) is 49.9 Å². The van der Waals surface area contributed by atoms with E-state index in [9.17, 15) is 0 Å². The van der Waals surface area contributed by atoms with Crippen molar-refractivity contribution in [3.05, 3.63) is 30.1 Å². The maximum absolute atomic E-state index is 4.05. The van der Waals surface area contributed by atoms with Gasteiger partial charge in [0.1, 0.15) is 0 Å². The second-order valence-electron chi connectivity index (χ2n) is 5.33. The highest BCUT2D eigenvalue weighted by Gasteiger charge is 2.28. The van der Waals surface area contributed by atoms with E-state index in [2.05, 4.69) is 27.3 Å². The zero-order valence-corrected chi connectivity index (χ0v) is 10.3. The first-order valence-corrected chi connectivity index (χ1v) is 6.77. The van der Waals surface area contributed by atoms with Gasteiger partial charge in [-0.3, -0.25) is 4.98 Å². The molecule has 0 bridgehead atoms. The average molecular weight is 231 g/mol. The van der Waals surface area contributed by atoms with Crippen molar-refractivity contribution in [3.8, 4) is 0 Å². The molecule has 0 amide bonds. The monoisotopic (exact) mass is 231 g/mol. The molecule has 2 heterocycles. The Balaban J connectivity index is 1.41. The van der Waals surface area contributed by atoms with Crippen molar-refractivity contribution in [2.75, 3.05) is 19.6 Å². The van der Waals surface area contributed by atoms with Gasteiger partial charge in [-0.25, -0.2) is 0 Å². The van der Waals surface area contributed by atoms with E-state index < -0.39 is 0 Å². The van der Waals surface area contributed by atoms with Crippen molar-refractivity contribution in [1.82, 2.24) is 15.2 Å². The van der Waals surface area contributed by atoms with E-state index in [4.69, 9.17) is 0 Å². The molecule has 3 nitrogen and oxygen atoms in total. The highest BCUT2D eigenvalue weighted by Crippen LogP contribution is 2.21. The number of rotatable bonds is 5. The quantitative estimate of drug-likeness (QED) is 0.831. The SMILES string of the molecule is c1cc(CCN2CCC(NC3CC3)C2)ccn1. The summed E-state index contributed by atoms with van der Waals surface area (Å²) in [5, 5.41) is 3.73. The van der Waals surface area contributed by atoms with Crippen LogP contribution in [-0.4, -0.2) is 41.6 Å². The Kier molecular flexibility index (Phi) is 3.39. The molecule has 1 unspecified atom stereocenters. The molecule has 17 heavy (non-hydrogen) atoms. The normalized spacial score (nSPS) is 25.3. The van der Waals surface area contributed by atoms with Crippen LogP contribution in [0.3, 0.4) is 0 Å². The van der Waals surface area contributed by atoms with Gasteiger partial charge in [-0.2, -0.15) is 0 Å². The van der Waals surface area contributed by atoms with Crippen LogP contribution in [0.25, 0.3) is 0 Å². The van der Waals surface area contributed by atoms with Crippen LogP contribution in [0.4, 0.5) is 0 Å². The molecule has 0 radical (unpaired) electrons. The first-order chi connectivity index (χ1) is 8.40. The third-order valence-corrected chi connectivity index (χ3v) is 3.79. The number of pyridine rings is 1. The summed E-state index contributed by atoms with van der Waals surface area (Å²) in [5.41, 5.74) is 1.40. The lowest BCUT2D eigenvalue weighted by molar-refractivity contribution is 0.331. The second-order valence-corrected chi connectivity index (χ2v) is 5.33. The molecule has 1 aromatic rings. The lowest BCUT2D eigenvalue weighted by Gasteiger charge is -2.16. The minimum Gasteiger partial charge on any atom is -0.310 e. The topological polar surface area (TPSA) is 28.2 Å². The van der Waals surface area contributed by atoms with Crippen molar-refractivity contribution < 1.29 is 0 Å². The van der Waals surface area contributed by atoms with Gasteiger partial charge < -0.3 is 10.2 Å². The first kappa shape index (κ1) is 11.2. The second kappa shape index (κ2) is 5.15. The Morgan fingerprint density at radius 3 is 2.76 bits per heavy atom. The van der Waals surface area contributed by atoms with Crippen LogP contribution in [0.15, 0.2) is 24.5 Å². The molecule has 3 rings (SSSR count). The van der Waals surface area contributed by atoms with Gasteiger partial charge >= 0.3 is 0 Å². The van der Waals surface area contributed by atoms with Gasteiger partial charge in [0.15, 0.2) is 0 Å². The lowest BCUT2D eigenvalue weighted by atomic mass is 10.2. The highest BCUT2D eigenvalue weighted by molar-refractivity contribution is 5.10. The van der Waals surface area contributed by atoms with E-state index in [0.717, 1.165) is 18.5 Å². The third-order valence-electron chi connectivity index (χ3n) is 3.79. The van der Waals surface area contributed by atoms with Crippen LogP contribution in [0.1, 0.15) is 24.8 Å². The molecule has 2 fully saturated rings. The summed E-state index contributed by atoms with van der Waals surface area (Å²) < 4.78 is 0. The lowest BCUT2D eigenvalue weighted by Crippen LogP contribution is -2.34. The molecule has 1 saturated carbocycles. The van der Waals surface area contributed by atoms with E-state index in [1.54, 1.807) is 0 Å². The Labute approximate surface area is 103 Å². The predicted octanol–water partition coefficient (Wildman–Crippen LogP) is 1.45. The summed E-state index contributed by atoms with van der Waals surface area (Å²) in [5.74, 6) is 0. The molecule has 1 N–H and O–H groups in total. The number of aromatic nitrogens is 1. The van der Waals surface area contributed by atoms with Gasteiger partial charge in [0.05, 0.1) is 0 Å². The Hall–Kier alpha value is -0.930. The summed E-state index contributed by atoms with van der Waals surface area (Å²) in [7, 11) is 0.